The lowest BCUT2D eigenvalue weighted by Crippen LogP contribution is -2.46. The first-order chi connectivity index (χ1) is 14.9. The van der Waals surface area contributed by atoms with Gasteiger partial charge in [-0.05, 0) is 60.9 Å². The highest BCUT2D eigenvalue weighted by molar-refractivity contribution is 9.10. The summed E-state index contributed by atoms with van der Waals surface area (Å²) >= 11 is 6.74. The minimum Gasteiger partial charge on any atom is -0.397 e. The molecule has 31 heavy (non-hydrogen) atoms. The van der Waals surface area contributed by atoms with E-state index in [9.17, 15) is 9.59 Å². The molecule has 1 heterocycles. The third kappa shape index (κ3) is 4.50. The Kier molecular flexibility index (Phi) is 6.11. The number of hydrogen-bond acceptors (Lipinski definition) is 4. The number of carbonyl (C=O) groups is 2. The first-order valence-corrected chi connectivity index (χ1v) is 11.4. The fourth-order valence-electron chi connectivity index (χ4n) is 3.64. The second-order valence-corrected chi connectivity index (χ2v) is 9.35. The summed E-state index contributed by atoms with van der Waals surface area (Å²) in [5.74, 6) is 0.0876. The van der Waals surface area contributed by atoms with E-state index < -0.39 is 5.41 Å². The van der Waals surface area contributed by atoms with Crippen molar-refractivity contribution in [3.05, 3.63) is 80.9 Å². The summed E-state index contributed by atoms with van der Waals surface area (Å²) in [5.41, 5.74) is 7.84. The molecule has 0 radical (unpaired) electrons. The van der Waals surface area contributed by atoms with Crippen molar-refractivity contribution in [3.63, 3.8) is 0 Å². The lowest BCUT2D eigenvalue weighted by molar-refractivity contribution is -0.124. The number of nitrogen functional groups attached to an aromatic ring is 1. The molecule has 3 aromatic rings. The highest BCUT2D eigenvalue weighted by Crippen LogP contribution is 2.45. The largest absolute Gasteiger partial charge is 0.397 e. The molecule has 2 aromatic carbocycles. The van der Waals surface area contributed by atoms with Gasteiger partial charge in [0, 0.05) is 20.7 Å². The molecule has 0 aliphatic heterocycles. The normalized spacial score (nSPS) is 14.4. The van der Waals surface area contributed by atoms with Crippen LogP contribution in [0.2, 0.25) is 0 Å². The highest BCUT2D eigenvalue weighted by atomic mass is 79.9. The smallest absolute Gasteiger partial charge is 0.256 e. The molecule has 158 valence electrons. The van der Waals surface area contributed by atoms with Gasteiger partial charge in [0.1, 0.15) is 5.82 Å². The molecule has 6 nitrogen and oxygen atoms in total. The summed E-state index contributed by atoms with van der Waals surface area (Å²) in [4.78, 5) is 30.0. The van der Waals surface area contributed by atoms with Crippen molar-refractivity contribution >= 4 is 60.9 Å². The number of anilines is 3. The molecule has 1 aromatic heterocycles. The standard InChI is InChI=1S/C23H20Br2N4O2/c24-16-4-1-3-14(11-16)21(30)29-20-8-5-15(13-27-20)23(9-2-10-23)22(31)28-19-7-6-17(25)12-18(19)26/h1,3-8,11-13H,2,9-10,26H2,(H,28,31)(H,27,29,30). The topological polar surface area (TPSA) is 97.1 Å². The summed E-state index contributed by atoms with van der Waals surface area (Å²) in [5, 5.41) is 5.76. The van der Waals surface area contributed by atoms with Gasteiger partial charge >= 0.3 is 0 Å². The Morgan fingerprint density at radius 3 is 2.35 bits per heavy atom. The van der Waals surface area contributed by atoms with Crippen LogP contribution in [0, 0.1) is 0 Å². The highest BCUT2D eigenvalue weighted by Gasteiger charge is 2.46. The second-order valence-electron chi connectivity index (χ2n) is 7.52. The van der Waals surface area contributed by atoms with Gasteiger partial charge in [-0.1, -0.05) is 50.4 Å². The predicted molar refractivity (Wildman–Crippen MR) is 129 cm³/mol. The summed E-state index contributed by atoms with van der Waals surface area (Å²) in [7, 11) is 0. The van der Waals surface area contributed by atoms with Crippen molar-refractivity contribution in [2.24, 2.45) is 0 Å². The molecule has 1 fully saturated rings. The van der Waals surface area contributed by atoms with Crippen molar-refractivity contribution in [2.45, 2.75) is 24.7 Å². The van der Waals surface area contributed by atoms with E-state index in [1.54, 1.807) is 42.6 Å². The maximum Gasteiger partial charge on any atom is 0.256 e. The quantitative estimate of drug-likeness (QED) is 0.370. The zero-order valence-electron chi connectivity index (χ0n) is 16.5. The minimum absolute atomic E-state index is 0.0968. The zero-order valence-corrected chi connectivity index (χ0v) is 19.7. The summed E-state index contributed by atoms with van der Waals surface area (Å²) in [6.45, 7) is 0. The van der Waals surface area contributed by atoms with Gasteiger partial charge in [-0.25, -0.2) is 4.98 Å². The zero-order chi connectivity index (χ0) is 22.0. The Bertz CT molecular complexity index is 1140. The van der Waals surface area contributed by atoms with E-state index in [4.69, 9.17) is 5.73 Å². The van der Waals surface area contributed by atoms with E-state index in [1.807, 2.05) is 18.2 Å². The molecular formula is C23H20Br2N4O2. The summed E-state index contributed by atoms with van der Waals surface area (Å²) < 4.78 is 1.68. The number of halogens is 2. The molecule has 4 N–H and O–H groups in total. The molecule has 1 saturated carbocycles. The van der Waals surface area contributed by atoms with E-state index in [0.29, 0.717) is 22.8 Å². The van der Waals surface area contributed by atoms with Gasteiger partial charge in [-0.3, -0.25) is 9.59 Å². The predicted octanol–water partition coefficient (Wildman–Crippen LogP) is 5.50. The van der Waals surface area contributed by atoms with Crippen molar-refractivity contribution in [3.8, 4) is 0 Å². The number of nitrogens with one attached hydrogen (secondary N) is 2. The average molecular weight is 544 g/mol. The number of carbonyl (C=O) groups excluding carboxylic acids is 2. The Morgan fingerprint density at radius 1 is 0.968 bits per heavy atom. The van der Waals surface area contributed by atoms with Crippen LogP contribution in [0.4, 0.5) is 17.2 Å². The Labute approximate surface area is 196 Å². The monoisotopic (exact) mass is 542 g/mol. The maximum absolute atomic E-state index is 13.2. The van der Waals surface area contributed by atoms with Gasteiger partial charge < -0.3 is 16.4 Å². The van der Waals surface area contributed by atoms with E-state index in [2.05, 4.69) is 47.5 Å². The second kappa shape index (κ2) is 8.80. The number of rotatable bonds is 5. The van der Waals surface area contributed by atoms with Crippen LogP contribution >= 0.6 is 31.9 Å². The number of amides is 2. The Morgan fingerprint density at radius 2 is 1.74 bits per heavy atom. The van der Waals surface area contributed by atoms with Crippen molar-refractivity contribution < 1.29 is 9.59 Å². The van der Waals surface area contributed by atoms with Gasteiger partial charge in [0.15, 0.2) is 0 Å². The number of pyridine rings is 1. The number of benzene rings is 2. The van der Waals surface area contributed by atoms with Crippen LogP contribution in [-0.2, 0) is 10.2 Å². The fraction of sp³-hybridized carbons (Fsp3) is 0.174. The molecule has 8 heteroatoms. The molecular weight excluding hydrogens is 524 g/mol. The summed E-state index contributed by atoms with van der Waals surface area (Å²) in [6, 6.07) is 16.1. The SMILES string of the molecule is Nc1cc(Br)ccc1NC(=O)C1(c2ccc(NC(=O)c3cccc(Br)c3)nc2)CCC1. The van der Waals surface area contributed by atoms with Gasteiger partial charge in [-0.2, -0.15) is 0 Å². The average Bonchev–Trinajstić information content (AvgIpc) is 2.70. The van der Waals surface area contributed by atoms with E-state index >= 15 is 0 Å². The van der Waals surface area contributed by atoms with E-state index in [-0.39, 0.29) is 11.8 Å². The van der Waals surface area contributed by atoms with Crippen LogP contribution in [0.25, 0.3) is 0 Å². The number of nitrogens with zero attached hydrogens (tertiary/aromatic N) is 1. The van der Waals surface area contributed by atoms with Gasteiger partial charge in [-0.15, -0.1) is 0 Å². The third-order valence-electron chi connectivity index (χ3n) is 5.55. The molecule has 4 rings (SSSR count). The van der Waals surface area contributed by atoms with Crippen LogP contribution in [0.5, 0.6) is 0 Å². The lowest BCUT2D eigenvalue weighted by atomic mass is 9.64. The van der Waals surface area contributed by atoms with E-state index in [1.165, 1.54) is 0 Å². The van der Waals surface area contributed by atoms with Crippen LogP contribution in [0.1, 0.15) is 35.2 Å². The molecule has 2 amide bonds. The van der Waals surface area contributed by atoms with Crippen LogP contribution in [0.15, 0.2) is 69.7 Å². The van der Waals surface area contributed by atoms with Gasteiger partial charge in [0.2, 0.25) is 5.91 Å². The maximum atomic E-state index is 13.2. The van der Waals surface area contributed by atoms with Gasteiger partial charge in [0.05, 0.1) is 16.8 Å². The van der Waals surface area contributed by atoms with Crippen LogP contribution in [0.3, 0.4) is 0 Å². The lowest BCUT2D eigenvalue weighted by Gasteiger charge is -2.40. The Hall–Kier alpha value is -2.71. The molecule has 1 aliphatic carbocycles. The molecule has 0 atom stereocenters. The third-order valence-corrected chi connectivity index (χ3v) is 6.53. The number of hydrogen-bond donors (Lipinski definition) is 3. The van der Waals surface area contributed by atoms with Crippen molar-refractivity contribution in [2.75, 3.05) is 16.4 Å². The molecule has 0 bridgehead atoms. The van der Waals surface area contributed by atoms with Crippen LogP contribution in [-0.4, -0.2) is 16.8 Å². The van der Waals surface area contributed by atoms with Crippen LogP contribution < -0.4 is 16.4 Å². The number of nitrogens with two attached hydrogens (primary N) is 1. The van der Waals surface area contributed by atoms with E-state index in [0.717, 1.165) is 33.8 Å². The van der Waals surface area contributed by atoms with Gasteiger partial charge in [0.25, 0.3) is 5.91 Å². The first-order valence-electron chi connectivity index (χ1n) is 9.77. The molecule has 1 aliphatic rings. The molecule has 0 spiro atoms. The fourth-order valence-corrected chi connectivity index (χ4v) is 4.41. The molecule has 0 unspecified atom stereocenters. The first kappa shape index (κ1) is 21.5. The molecule has 0 saturated heterocycles. The minimum atomic E-state index is -0.640. The Balaban J connectivity index is 1.50. The van der Waals surface area contributed by atoms with Crippen molar-refractivity contribution in [1.82, 2.24) is 4.98 Å². The summed E-state index contributed by atoms with van der Waals surface area (Å²) in [6.07, 6.45) is 4.10. The number of aromatic nitrogens is 1. The van der Waals surface area contributed by atoms with Crippen molar-refractivity contribution in [1.29, 1.82) is 0 Å².